The maximum atomic E-state index is 11.4. The van der Waals surface area contributed by atoms with Crippen molar-refractivity contribution in [2.75, 3.05) is 11.1 Å². The Morgan fingerprint density at radius 1 is 1.16 bits per heavy atom. The molecule has 4 nitrogen and oxygen atoms in total. The Hall–Kier alpha value is -2.20. The van der Waals surface area contributed by atoms with E-state index in [0.29, 0.717) is 22.0 Å². The molecule has 0 aliphatic heterocycles. The molecule has 0 bridgehead atoms. The van der Waals surface area contributed by atoms with Gasteiger partial charge < -0.3 is 16.8 Å². The summed E-state index contributed by atoms with van der Waals surface area (Å²) >= 11 is 5.90. The van der Waals surface area contributed by atoms with Gasteiger partial charge >= 0.3 is 0 Å². The van der Waals surface area contributed by atoms with Gasteiger partial charge in [0, 0.05) is 16.4 Å². The molecule has 1 amide bonds. The maximum Gasteiger partial charge on any atom is 0.250 e. The lowest BCUT2D eigenvalue weighted by molar-refractivity contribution is 0.100. The van der Waals surface area contributed by atoms with Gasteiger partial charge in [-0.15, -0.1) is 0 Å². The van der Waals surface area contributed by atoms with Gasteiger partial charge in [-0.3, -0.25) is 4.79 Å². The lowest BCUT2D eigenvalue weighted by Crippen LogP contribution is -2.14. The number of nitrogen functional groups attached to an aromatic ring is 1. The third kappa shape index (κ3) is 2.98. The van der Waals surface area contributed by atoms with Gasteiger partial charge in [-0.2, -0.15) is 0 Å². The second kappa shape index (κ2) is 5.20. The highest BCUT2D eigenvalue weighted by atomic mass is 35.5. The van der Waals surface area contributed by atoms with E-state index in [1.807, 2.05) is 19.1 Å². The summed E-state index contributed by atoms with van der Waals surface area (Å²) in [7, 11) is 0. The molecule has 0 aliphatic carbocycles. The first-order valence-electron chi connectivity index (χ1n) is 5.70. The summed E-state index contributed by atoms with van der Waals surface area (Å²) in [6, 6.07) is 10.4. The predicted octanol–water partition coefficient (Wildman–Crippen LogP) is 3.07. The van der Waals surface area contributed by atoms with E-state index in [-0.39, 0.29) is 0 Å². The van der Waals surface area contributed by atoms with Gasteiger partial charge in [0.05, 0.1) is 11.3 Å². The van der Waals surface area contributed by atoms with Crippen LogP contribution in [0.15, 0.2) is 36.4 Å². The number of nitrogens with one attached hydrogen (secondary N) is 1. The minimum Gasteiger partial charge on any atom is -0.399 e. The molecule has 98 valence electrons. The molecule has 0 heterocycles. The number of hydrogen-bond acceptors (Lipinski definition) is 3. The Balaban J connectivity index is 2.40. The van der Waals surface area contributed by atoms with Crippen LogP contribution in [0, 0.1) is 6.92 Å². The first kappa shape index (κ1) is 13.2. The summed E-state index contributed by atoms with van der Waals surface area (Å²) in [5.41, 5.74) is 14.3. The van der Waals surface area contributed by atoms with Crippen molar-refractivity contribution in [1.82, 2.24) is 0 Å². The van der Waals surface area contributed by atoms with Crippen molar-refractivity contribution in [3.63, 3.8) is 0 Å². The summed E-state index contributed by atoms with van der Waals surface area (Å²) in [5.74, 6) is -0.526. The van der Waals surface area contributed by atoms with E-state index in [9.17, 15) is 4.79 Å². The Morgan fingerprint density at radius 2 is 1.84 bits per heavy atom. The van der Waals surface area contributed by atoms with Crippen molar-refractivity contribution >= 4 is 34.6 Å². The zero-order valence-electron chi connectivity index (χ0n) is 10.4. The zero-order chi connectivity index (χ0) is 14.0. The second-order valence-electron chi connectivity index (χ2n) is 4.25. The molecule has 0 fully saturated rings. The molecule has 0 aromatic heterocycles. The quantitative estimate of drug-likeness (QED) is 0.753. The molecule has 0 spiro atoms. The monoisotopic (exact) mass is 275 g/mol. The van der Waals surface area contributed by atoms with Crippen molar-refractivity contribution in [1.29, 1.82) is 0 Å². The number of hydrogen-bond donors (Lipinski definition) is 3. The predicted molar refractivity (Wildman–Crippen MR) is 78.8 cm³/mol. The lowest BCUT2D eigenvalue weighted by Gasteiger charge is -2.13. The fraction of sp³-hybridized carbons (Fsp3) is 0.0714. The SMILES string of the molecule is Cc1cc(Cl)ccc1Nc1ccc(N)cc1C(N)=O. The number of benzene rings is 2. The van der Waals surface area contributed by atoms with Crippen LogP contribution in [-0.2, 0) is 0 Å². The summed E-state index contributed by atoms with van der Waals surface area (Å²) in [6.45, 7) is 1.93. The van der Waals surface area contributed by atoms with Gasteiger partial charge in [0.2, 0.25) is 0 Å². The molecule has 0 unspecified atom stereocenters. The molecule has 0 radical (unpaired) electrons. The van der Waals surface area contributed by atoms with E-state index in [1.165, 1.54) is 0 Å². The van der Waals surface area contributed by atoms with E-state index in [2.05, 4.69) is 5.32 Å². The van der Waals surface area contributed by atoms with Crippen molar-refractivity contribution in [3.05, 3.63) is 52.5 Å². The van der Waals surface area contributed by atoms with Gasteiger partial charge in [0.1, 0.15) is 0 Å². The molecule has 5 N–H and O–H groups in total. The summed E-state index contributed by atoms with van der Waals surface area (Å²) in [5, 5.41) is 3.82. The van der Waals surface area contributed by atoms with Crippen molar-refractivity contribution in [3.8, 4) is 0 Å². The molecule has 5 heteroatoms. The van der Waals surface area contributed by atoms with Gasteiger partial charge in [-0.25, -0.2) is 0 Å². The van der Waals surface area contributed by atoms with Gasteiger partial charge in [-0.1, -0.05) is 11.6 Å². The van der Waals surface area contributed by atoms with Crippen molar-refractivity contribution in [2.45, 2.75) is 6.92 Å². The van der Waals surface area contributed by atoms with Crippen molar-refractivity contribution < 1.29 is 4.79 Å². The fourth-order valence-corrected chi connectivity index (χ4v) is 2.01. The molecule has 2 rings (SSSR count). The van der Waals surface area contributed by atoms with Crippen LogP contribution in [-0.4, -0.2) is 5.91 Å². The third-order valence-electron chi connectivity index (χ3n) is 2.77. The highest BCUT2D eigenvalue weighted by molar-refractivity contribution is 6.30. The molecule has 19 heavy (non-hydrogen) atoms. The number of carbonyl (C=O) groups excluding carboxylic acids is 1. The number of nitrogens with two attached hydrogens (primary N) is 2. The summed E-state index contributed by atoms with van der Waals surface area (Å²) < 4.78 is 0. The number of rotatable bonds is 3. The zero-order valence-corrected chi connectivity index (χ0v) is 11.2. The lowest BCUT2D eigenvalue weighted by atomic mass is 10.1. The number of anilines is 3. The Labute approximate surface area is 116 Å². The molecule has 0 atom stereocenters. The smallest absolute Gasteiger partial charge is 0.250 e. The molecule has 2 aromatic rings. The topological polar surface area (TPSA) is 81.1 Å². The van der Waals surface area contributed by atoms with Crippen LogP contribution in [0.1, 0.15) is 15.9 Å². The number of halogens is 1. The van der Waals surface area contributed by atoms with Crippen LogP contribution in [0.2, 0.25) is 5.02 Å². The van der Waals surface area contributed by atoms with Crippen LogP contribution < -0.4 is 16.8 Å². The largest absolute Gasteiger partial charge is 0.399 e. The van der Waals surface area contributed by atoms with Crippen LogP contribution >= 0.6 is 11.6 Å². The van der Waals surface area contributed by atoms with E-state index in [4.69, 9.17) is 23.1 Å². The van der Waals surface area contributed by atoms with E-state index in [0.717, 1.165) is 11.3 Å². The second-order valence-corrected chi connectivity index (χ2v) is 4.69. The summed E-state index contributed by atoms with van der Waals surface area (Å²) in [4.78, 5) is 11.4. The van der Waals surface area contributed by atoms with Crippen molar-refractivity contribution in [2.24, 2.45) is 5.73 Å². The standard InChI is InChI=1S/C14H14ClN3O/c1-8-6-9(15)2-4-12(8)18-13-5-3-10(16)7-11(13)14(17)19/h2-7,18H,16H2,1H3,(H2,17,19). The number of carbonyl (C=O) groups is 1. The molecule has 0 aliphatic rings. The minimum atomic E-state index is -0.526. The normalized spacial score (nSPS) is 10.2. The highest BCUT2D eigenvalue weighted by Gasteiger charge is 2.09. The maximum absolute atomic E-state index is 11.4. The number of aryl methyl sites for hydroxylation is 1. The van der Waals surface area contributed by atoms with Crippen LogP contribution in [0.4, 0.5) is 17.1 Å². The first-order chi connectivity index (χ1) is 8.97. The van der Waals surface area contributed by atoms with E-state index in [1.54, 1.807) is 24.3 Å². The Kier molecular flexibility index (Phi) is 3.62. The van der Waals surface area contributed by atoms with Crippen LogP contribution in [0.25, 0.3) is 0 Å². The van der Waals surface area contributed by atoms with Gasteiger partial charge in [0.15, 0.2) is 0 Å². The molecular weight excluding hydrogens is 262 g/mol. The van der Waals surface area contributed by atoms with E-state index >= 15 is 0 Å². The molecule has 2 aromatic carbocycles. The third-order valence-corrected chi connectivity index (χ3v) is 3.00. The summed E-state index contributed by atoms with van der Waals surface area (Å²) in [6.07, 6.45) is 0. The van der Waals surface area contributed by atoms with Gasteiger partial charge in [0.25, 0.3) is 5.91 Å². The number of amides is 1. The Bertz CT molecular complexity index is 641. The van der Waals surface area contributed by atoms with Crippen LogP contribution in [0.3, 0.4) is 0 Å². The first-order valence-corrected chi connectivity index (χ1v) is 6.07. The van der Waals surface area contributed by atoms with Gasteiger partial charge in [-0.05, 0) is 48.9 Å². The molecule has 0 saturated carbocycles. The minimum absolute atomic E-state index is 0.356. The Morgan fingerprint density at radius 3 is 2.47 bits per heavy atom. The fourth-order valence-electron chi connectivity index (χ4n) is 1.79. The van der Waals surface area contributed by atoms with E-state index < -0.39 is 5.91 Å². The highest BCUT2D eigenvalue weighted by Crippen LogP contribution is 2.26. The molecular formula is C14H14ClN3O. The average molecular weight is 276 g/mol. The number of primary amides is 1. The average Bonchev–Trinajstić information content (AvgIpc) is 2.34. The van der Waals surface area contributed by atoms with Crippen LogP contribution in [0.5, 0.6) is 0 Å². The molecule has 0 saturated heterocycles.